The standard InChI is InChI=1S/C24H25N7O7S2/c1-3-4-10-38-28-17(14-6-5-9-37-14)20(32)25-18-21(33)30-19(23(34)35)13(12-40-22(18)30)11-39-16-8-7-15-26-29(2)24(36)31(15)27-16/h5-9,18,22H,3-4,10-12H2,1-2H3,(H,25,32)(H,34,35)/t18?,22-/m0/s1. The summed E-state index contributed by atoms with van der Waals surface area (Å²) in [5.74, 6) is -1.71. The van der Waals surface area contributed by atoms with Crippen molar-refractivity contribution in [3.8, 4) is 0 Å². The second kappa shape index (κ2) is 11.6. The van der Waals surface area contributed by atoms with Crippen molar-refractivity contribution in [3.63, 3.8) is 0 Å². The Morgan fingerprint density at radius 3 is 2.85 bits per heavy atom. The molecule has 210 valence electrons. The maximum Gasteiger partial charge on any atom is 0.366 e. The number of hydrogen-bond acceptors (Lipinski definition) is 11. The first kappa shape index (κ1) is 27.5. The molecule has 1 unspecified atom stereocenters. The number of fused-ring (bicyclic) bond motifs is 2. The van der Waals surface area contributed by atoms with Crippen LogP contribution in [0.1, 0.15) is 25.5 Å². The zero-order valence-corrected chi connectivity index (χ0v) is 23.1. The van der Waals surface area contributed by atoms with Gasteiger partial charge in [-0.3, -0.25) is 14.5 Å². The highest BCUT2D eigenvalue weighted by Crippen LogP contribution is 2.41. The number of aromatic nitrogens is 4. The van der Waals surface area contributed by atoms with E-state index < -0.39 is 34.9 Å². The number of furan rings is 1. The van der Waals surface area contributed by atoms with Crippen molar-refractivity contribution < 1.29 is 28.7 Å². The van der Waals surface area contributed by atoms with Crippen LogP contribution in [0.25, 0.3) is 5.65 Å². The van der Waals surface area contributed by atoms with Crippen LogP contribution in [0.3, 0.4) is 0 Å². The van der Waals surface area contributed by atoms with Gasteiger partial charge in [-0.2, -0.15) is 9.61 Å². The highest BCUT2D eigenvalue weighted by molar-refractivity contribution is 8.01. The van der Waals surface area contributed by atoms with E-state index in [0.717, 1.165) is 12.8 Å². The summed E-state index contributed by atoms with van der Waals surface area (Å²) < 4.78 is 7.65. The van der Waals surface area contributed by atoms with Crippen LogP contribution >= 0.6 is 23.5 Å². The fraction of sp³-hybridized carbons (Fsp3) is 0.375. The van der Waals surface area contributed by atoms with Gasteiger partial charge < -0.3 is 19.7 Å². The molecule has 0 spiro atoms. The van der Waals surface area contributed by atoms with Crippen LogP contribution in [0.5, 0.6) is 0 Å². The quantitative estimate of drug-likeness (QED) is 0.108. The van der Waals surface area contributed by atoms with Gasteiger partial charge >= 0.3 is 11.7 Å². The number of β-lactam (4-membered cyclic amide) rings is 1. The molecule has 2 aliphatic heterocycles. The number of carboxylic acids is 1. The van der Waals surface area contributed by atoms with Crippen molar-refractivity contribution in [1.82, 2.24) is 29.6 Å². The van der Waals surface area contributed by atoms with Gasteiger partial charge in [0.2, 0.25) is 5.71 Å². The van der Waals surface area contributed by atoms with E-state index in [1.54, 1.807) is 24.3 Å². The molecule has 5 heterocycles. The lowest BCUT2D eigenvalue weighted by Crippen LogP contribution is -2.71. The summed E-state index contributed by atoms with van der Waals surface area (Å²) in [7, 11) is 1.52. The van der Waals surface area contributed by atoms with Crippen molar-refractivity contribution in [2.45, 2.75) is 36.2 Å². The Balaban J connectivity index is 1.29. The van der Waals surface area contributed by atoms with Gasteiger partial charge in [-0.15, -0.1) is 28.6 Å². The van der Waals surface area contributed by atoms with E-state index in [1.807, 2.05) is 6.92 Å². The molecule has 2 atom stereocenters. The first-order valence-corrected chi connectivity index (χ1v) is 14.3. The number of aliphatic carboxylic acids is 1. The van der Waals surface area contributed by atoms with E-state index in [4.69, 9.17) is 9.25 Å². The third kappa shape index (κ3) is 5.23. The zero-order chi connectivity index (χ0) is 28.4. The number of nitrogens with zero attached hydrogens (tertiary/aromatic N) is 6. The normalized spacial score (nSPS) is 19.0. The molecule has 1 saturated heterocycles. The minimum absolute atomic E-state index is 0.114. The van der Waals surface area contributed by atoms with E-state index in [-0.39, 0.29) is 22.9 Å². The Bertz CT molecular complexity index is 1580. The van der Waals surface area contributed by atoms with E-state index in [2.05, 4.69) is 20.7 Å². The molecule has 1 fully saturated rings. The van der Waals surface area contributed by atoms with Crippen LogP contribution in [-0.4, -0.2) is 82.4 Å². The maximum atomic E-state index is 13.1. The molecule has 0 radical (unpaired) electrons. The van der Waals surface area contributed by atoms with Gasteiger partial charge in [0, 0.05) is 18.6 Å². The van der Waals surface area contributed by atoms with E-state index in [9.17, 15) is 24.3 Å². The highest BCUT2D eigenvalue weighted by atomic mass is 32.2. The Morgan fingerprint density at radius 2 is 2.12 bits per heavy atom. The highest BCUT2D eigenvalue weighted by Gasteiger charge is 2.54. The van der Waals surface area contributed by atoms with Crippen molar-refractivity contribution in [1.29, 1.82) is 0 Å². The van der Waals surface area contributed by atoms with E-state index in [1.165, 1.54) is 50.9 Å². The third-order valence-corrected chi connectivity index (χ3v) is 8.49. The van der Waals surface area contributed by atoms with Gasteiger partial charge in [0.15, 0.2) is 11.4 Å². The number of carbonyl (C=O) groups is 3. The summed E-state index contributed by atoms with van der Waals surface area (Å²) >= 11 is 2.59. The Hall–Kier alpha value is -4.05. The van der Waals surface area contributed by atoms with Crippen molar-refractivity contribution in [2.24, 2.45) is 12.2 Å². The lowest BCUT2D eigenvalue weighted by Gasteiger charge is -2.49. The number of amides is 2. The number of carbonyl (C=O) groups excluding carboxylic acids is 2. The predicted octanol–water partition coefficient (Wildman–Crippen LogP) is 1.07. The number of oxime groups is 1. The molecule has 3 aromatic rings. The van der Waals surface area contributed by atoms with Crippen LogP contribution in [0, 0.1) is 0 Å². The Morgan fingerprint density at radius 1 is 1.30 bits per heavy atom. The fourth-order valence-electron chi connectivity index (χ4n) is 4.12. The van der Waals surface area contributed by atoms with Crippen LogP contribution in [0.15, 0.2) is 61.2 Å². The minimum atomic E-state index is -1.24. The van der Waals surface area contributed by atoms with Gasteiger partial charge in [0.05, 0.1) is 6.26 Å². The molecule has 0 aliphatic carbocycles. The maximum absolute atomic E-state index is 13.1. The second-order valence-corrected chi connectivity index (χ2v) is 11.0. The topological polar surface area (TPSA) is 174 Å². The second-order valence-electron chi connectivity index (χ2n) is 8.86. The van der Waals surface area contributed by atoms with Crippen molar-refractivity contribution in [2.75, 3.05) is 18.1 Å². The summed E-state index contributed by atoms with van der Waals surface area (Å²) in [6.07, 6.45) is 3.03. The molecule has 2 N–H and O–H groups in total. The summed E-state index contributed by atoms with van der Waals surface area (Å²) in [6, 6.07) is 5.55. The SMILES string of the molecule is CCCCON=C(C(=O)NC1C(=O)N2C(C(=O)O)=C(CSc3ccc4nn(C)c(=O)n4n3)CS[C@@H]12)c1ccco1. The number of aryl methyl sites for hydroxylation is 1. The molecule has 5 rings (SSSR count). The van der Waals surface area contributed by atoms with Crippen LogP contribution in [0.2, 0.25) is 0 Å². The van der Waals surface area contributed by atoms with Crippen molar-refractivity contribution >= 4 is 52.7 Å². The smallest absolute Gasteiger partial charge is 0.366 e. The lowest BCUT2D eigenvalue weighted by molar-refractivity contribution is -0.150. The molecule has 0 bridgehead atoms. The molecule has 14 nitrogen and oxygen atoms in total. The molecule has 3 aromatic heterocycles. The molecule has 40 heavy (non-hydrogen) atoms. The van der Waals surface area contributed by atoms with Crippen LogP contribution < -0.4 is 11.0 Å². The van der Waals surface area contributed by atoms with Gasteiger partial charge in [-0.05, 0) is 36.3 Å². The third-order valence-electron chi connectivity index (χ3n) is 6.15. The minimum Gasteiger partial charge on any atom is -0.477 e. The monoisotopic (exact) mass is 587 g/mol. The molecular weight excluding hydrogens is 562 g/mol. The van der Waals surface area contributed by atoms with Gasteiger partial charge in [0.1, 0.15) is 28.7 Å². The summed E-state index contributed by atoms with van der Waals surface area (Å²) in [4.78, 5) is 57.0. The average Bonchev–Trinajstić information content (AvgIpc) is 3.57. The van der Waals surface area contributed by atoms with Crippen LogP contribution in [0.4, 0.5) is 0 Å². The Labute approximate surface area is 235 Å². The molecule has 2 amide bonds. The zero-order valence-electron chi connectivity index (χ0n) is 21.5. The van der Waals surface area contributed by atoms with E-state index in [0.29, 0.717) is 28.6 Å². The summed E-state index contributed by atoms with van der Waals surface area (Å²) in [6.45, 7) is 2.31. The number of nitrogens with one attached hydrogen (secondary N) is 1. The van der Waals surface area contributed by atoms with Gasteiger partial charge in [0.25, 0.3) is 11.8 Å². The average molecular weight is 588 g/mol. The summed E-state index contributed by atoms with van der Waals surface area (Å²) in [5.41, 5.74) is 0.293. The number of rotatable bonds is 11. The molecule has 2 aliphatic rings. The molecule has 16 heteroatoms. The first-order chi connectivity index (χ1) is 19.3. The molecular formula is C24H25N7O7S2. The number of carboxylic acid groups (broad SMARTS) is 1. The number of thioether (sulfide) groups is 2. The lowest BCUT2D eigenvalue weighted by atomic mass is 10.0. The van der Waals surface area contributed by atoms with Crippen molar-refractivity contribution in [3.05, 3.63) is 58.0 Å². The summed E-state index contributed by atoms with van der Waals surface area (Å²) in [5, 5.41) is 24.8. The van der Waals surface area contributed by atoms with Gasteiger partial charge in [-0.25, -0.2) is 14.3 Å². The molecule has 0 saturated carbocycles. The van der Waals surface area contributed by atoms with Gasteiger partial charge in [-0.1, -0.05) is 18.5 Å². The first-order valence-electron chi connectivity index (χ1n) is 12.3. The van der Waals surface area contributed by atoms with Crippen LogP contribution in [-0.2, 0) is 26.3 Å². The molecule has 0 aromatic carbocycles. The van der Waals surface area contributed by atoms with E-state index >= 15 is 0 Å². The number of hydrogen-bond donors (Lipinski definition) is 2. The Kier molecular flexibility index (Phi) is 7.97. The fourth-order valence-corrected chi connectivity index (χ4v) is 6.46. The predicted molar refractivity (Wildman–Crippen MR) is 145 cm³/mol. The largest absolute Gasteiger partial charge is 0.477 e. The number of unbranched alkanes of at least 4 members (excludes halogenated alkanes) is 1.